The van der Waals surface area contributed by atoms with Crippen LogP contribution in [0.5, 0.6) is 0 Å². The van der Waals surface area contributed by atoms with Crippen LogP contribution in [0, 0.1) is 0 Å². The van der Waals surface area contributed by atoms with Crippen LogP contribution in [0.1, 0.15) is 32.4 Å². The van der Waals surface area contributed by atoms with Gasteiger partial charge in [0.25, 0.3) is 11.8 Å². The van der Waals surface area contributed by atoms with E-state index in [4.69, 9.17) is 23.2 Å². The van der Waals surface area contributed by atoms with Crippen LogP contribution < -0.4 is 10.6 Å². The minimum Gasteiger partial charge on any atom is -0.328 e. The Morgan fingerprint density at radius 1 is 0.630 bits per heavy atom. The van der Waals surface area contributed by atoms with Gasteiger partial charge in [-0.15, -0.1) is 0 Å². The van der Waals surface area contributed by atoms with Crippen LogP contribution >= 0.6 is 23.2 Å². The molecule has 0 unspecified atom stereocenters. The van der Waals surface area contributed by atoms with Crippen molar-refractivity contribution in [1.29, 1.82) is 0 Å². The first-order valence-electron chi connectivity index (χ1n) is 8.21. The Kier molecular flexibility index (Phi) is 6.12. The number of nitrogens with one attached hydrogen (secondary N) is 2. The molecule has 0 radical (unpaired) electrons. The summed E-state index contributed by atoms with van der Waals surface area (Å²) in [6.07, 6.45) is -0.697. The van der Waals surface area contributed by atoms with Gasteiger partial charge in [0, 0.05) is 21.2 Å². The van der Waals surface area contributed by atoms with Crippen molar-refractivity contribution in [2.24, 2.45) is 0 Å². The number of rotatable bonds is 5. The van der Waals surface area contributed by atoms with E-state index < -0.39 is 6.17 Å². The maximum absolute atomic E-state index is 12.6. The summed E-state index contributed by atoms with van der Waals surface area (Å²) >= 11 is 11.7. The molecule has 0 atom stereocenters. The summed E-state index contributed by atoms with van der Waals surface area (Å²) in [6.45, 7) is 0. The van der Waals surface area contributed by atoms with E-state index in [0.29, 0.717) is 21.2 Å². The van der Waals surface area contributed by atoms with E-state index in [2.05, 4.69) is 10.6 Å². The van der Waals surface area contributed by atoms with Crippen molar-refractivity contribution in [3.8, 4) is 0 Å². The summed E-state index contributed by atoms with van der Waals surface area (Å²) in [7, 11) is 0. The molecule has 2 N–H and O–H groups in total. The van der Waals surface area contributed by atoms with E-state index in [-0.39, 0.29) is 11.8 Å². The fourth-order valence-electron chi connectivity index (χ4n) is 2.48. The zero-order valence-electron chi connectivity index (χ0n) is 14.2. The van der Waals surface area contributed by atoms with Crippen molar-refractivity contribution >= 4 is 35.0 Å². The lowest BCUT2D eigenvalue weighted by Gasteiger charge is -2.21. The topological polar surface area (TPSA) is 58.2 Å². The zero-order chi connectivity index (χ0) is 19.2. The van der Waals surface area contributed by atoms with E-state index in [0.717, 1.165) is 5.56 Å². The molecule has 3 rings (SSSR count). The molecule has 6 heteroatoms. The number of hydrogen-bond donors (Lipinski definition) is 2. The van der Waals surface area contributed by atoms with Crippen molar-refractivity contribution in [3.05, 3.63) is 106 Å². The maximum Gasteiger partial charge on any atom is 0.253 e. The predicted molar refractivity (Wildman–Crippen MR) is 107 cm³/mol. The van der Waals surface area contributed by atoms with Gasteiger partial charge in [0.2, 0.25) is 0 Å². The molecule has 3 aromatic carbocycles. The lowest BCUT2D eigenvalue weighted by Crippen LogP contribution is -2.41. The molecule has 0 bridgehead atoms. The molecule has 2 amide bonds. The minimum atomic E-state index is -0.697. The average molecular weight is 399 g/mol. The van der Waals surface area contributed by atoms with Crippen LogP contribution in [0.15, 0.2) is 78.9 Å². The molecule has 3 aromatic rings. The Hall–Kier alpha value is -2.82. The normalized spacial score (nSPS) is 10.5. The van der Waals surface area contributed by atoms with Crippen molar-refractivity contribution < 1.29 is 9.59 Å². The van der Waals surface area contributed by atoms with Gasteiger partial charge >= 0.3 is 0 Å². The number of hydrogen-bond acceptors (Lipinski definition) is 2. The molecule has 0 aromatic heterocycles. The fourth-order valence-corrected chi connectivity index (χ4v) is 2.73. The first kappa shape index (κ1) is 19.0. The van der Waals surface area contributed by atoms with Crippen molar-refractivity contribution in [2.45, 2.75) is 6.17 Å². The van der Waals surface area contributed by atoms with Gasteiger partial charge in [0.15, 0.2) is 0 Å². The third-order valence-corrected chi connectivity index (χ3v) is 4.40. The number of benzene rings is 3. The zero-order valence-corrected chi connectivity index (χ0v) is 15.7. The van der Waals surface area contributed by atoms with Gasteiger partial charge in [-0.3, -0.25) is 9.59 Å². The molecule has 0 fully saturated rings. The van der Waals surface area contributed by atoms with Crippen LogP contribution in [0.25, 0.3) is 0 Å². The number of carbonyl (C=O) groups excluding carboxylic acids is 2. The summed E-state index contributed by atoms with van der Waals surface area (Å²) in [5.41, 5.74) is 1.64. The number of carbonyl (C=O) groups is 2. The summed E-state index contributed by atoms with van der Waals surface area (Å²) in [5.74, 6) is -0.645. The number of halogens is 2. The Morgan fingerprint density at radius 2 is 1.04 bits per heavy atom. The molecule has 0 aliphatic carbocycles. The minimum absolute atomic E-state index is 0.322. The van der Waals surface area contributed by atoms with Crippen LogP contribution in [-0.4, -0.2) is 11.8 Å². The van der Waals surface area contributed by atoms with E-state index in [1.807, 2.05) is 30.3 Å². The molecule has 136 valence electrons. The predicted octanol–water partition coefficient (Wildman–Crippen LogP) is 4.85. The summed E-state index contributed by atoms with van der Waals surface area (Å²) in [5, 5.41) is 6.77. The van der Waals surface area contributed by atoms with E-state index >= 15 is 0 Å². The lowest BCUT2D eigenvalue weighted by atomic mass is 10.1. The highest BCUT2D eigenvalue weighted by Crippen LogP contribution is 2.15. The first-order valence-corrected chi connectivity index (χ1v) is 8.96. The first-order chi connectivity index (χ1) is 13.0. The van der Waals surface area contributed by atoms with Crippen molar-refractivity contribution in [3.63, 3.8) is 0 Å². The molecule has 0 aliphatic heterocycles. The summed E-state index contributed by atoms with van der Waals surface area (Å²) in [4.78, 5) is 25.2. The highest BCUT2D eigenvalue weighted by Gasteiger charge is 2.18. The Balaban J connectivity index is 1.81. The standard InChI is InChI=1S/C21H16Cl2N2O2/c22-17-10-6-15(7-11-17)20(26)24-19(14-4-2-1-3-5-14)25-21(27)16-8-12-18(23)13-9-16/h1-13,19H,(H,24,26)(H,25,27). The van der Waals surface area contributed by atoms with Crippen LogP contribution in [0.4, 0.5) is 0 Å². The maximum atomic E-state index is 12.6. The molecule has 0 spiro atoms. The van der Waals surface area contributed by atoms with Crippen molar-refractivity contribution in [1.82, 2.24) is 10.6 Å². The van der Waals surface area contributed by atoms with Gasteiger partial charge in [-0.1, -0.05) is 53.5 Å². The van der Waals surface area contributed by atoms with E-state index in [1.54, 1.807) is 48.5 Å². The molecular formula is C21H16Cl2N2O2. The molecule has 0 aliphatic rings. The summed E-state index contributed by atoms with van der Waals surface area (Å²) < 4.78 is 0. The van der Waals surface area contributed by atoms with Gasteiger partial charge in [-0.25, -0.2) is 0 Å². The average Bonchev–Trinajstić information content (AvgIpc) is 2.69. The number of amides is 2. The quantitative estimate of drug-likeness (QED) is 0.603. The van der Waals surface area contributed by atoms with Gasteiger partial charge in [-0.05, 0) is 54.1 Å². The molecule has 0 saturated heterocycles. The highest BCUT2D eigenvalue weighted by atomic mass is 35.5. The highest BCUT2D eigenvalue weighted by molar-refractivity contribution is 6.31. The van der Waals surface area contributed by atoms with Crippen LogP contribution in [-0.2, 0) is 0 Å². The van der Waals surface area contributed by atoms with Crippen LogP contribution in [0.2, 0.25) is 10.0 Å². The third-order valence-electron chi connectivity index (χ3n) is 3.90. The SMILES string of the molecule is O=C(NC(NC(=O)c1ccc(Cl)cc1)c1ccccc1)c1ccc(Cl)cc1. The Bertz CT molecular complexity index is 867. The van der Waals surface area contributed by atoms with E-state index in [9.17, 15) is 9.59 Å². The van der Waals surface area contributed by atoms with Gasteiger partial charge in [0.1, 0.15) is 6.17 Å². The third kappa shape index (κ3) is 5.09. The Morgan fingerprint density at radius 3 is 1.44 bits per heavy atom. The molecule has 4 nitrogen and oxygen atoms in total. The molecule has 0 saturated carbocycles. The van der Waals surface area contributed by atoms with E-state index in [1.165, 1.54) is 0 Å². The van der Waals surface area contributed by atoms with Crippen molar-refractivity contribution in [2.75, 3.05) is 0 Å². The summed E-state index contributed by atoms with van der Waals surface area (Å²) in [6, 6.07) is 22.3. The molecule has 0 heterocycles. The molecule has 27 heavy (non-hydrogen) atoms. The molecular weight excluding hydrogens is 383 g/mol. The monoisotopic (exact) mass is 398 g/mol. The lowest BCUT2D eigenvalue weighted by molar-refractivity contribution is 0.0883. The van der Waals surface area contributed by atoms with Gasteiger partial charge < -0.3 is 10.6 Å². The Labute approximate surface area is 167 Å². The second kappa shape index (κ2) is 8.71. The second-order valence-corrected chi connectivity index (χ2v) is 6.68. The largest absolute Gasteiger partial charge is 0.328 e. The fraction of sp³-hybridized carbons (Fsp3) is 0.0476. The van der Waals surface area contributed by atoms with Gasteiger partial charge in [-0.2, -0.15) is 0 Å². The second-order valence-electron chi connectivity index (χ2n) is 5.80. The van der Waals surface area contributed by atoms with Gasteiger partial charge in [0.05, 0.1) is 0 Å². The van der Waals surface area contributed by atoms with Crippen LogP contribution in [0.3, 0.4) is 0 Å². The smallest absolute Gasteiger partial charge is 0.253 e.